The minimum atomic E-state index is -1.97. The molecule has 2 rings (SSSR count). The van der Waals surface area contributed by atoms with Crippen LogP contribution in [0.1, 0.15) is 25.7 Å². The van der Waals surface area contributed by atoms with E-state index < -0.39 is 30.7 Å². The number of rotatable bonds is 4. The molecule has 2 saturated heterocycles. The summed E-state index contributed by atoms with van der Waals surface area (Å²) in [5, 5.41) is 40.2. The molecular weight excluding hydrogens is 254 g/mol. The quantitative estimate of drug-likeness (QED) is 0.501. The highest BCUT2D eigenvalue weighted by Gasteiger charge is 2.53. The SMILES string of the molecule is OC[C@@H]1O[C@](O)(CON2CCCCCC2)[C@@H](O)[C@@H]1O. The molecule has 7 nitrogen and oxygen atoms in total. The number of aliphatic hydroxyl groups is 4. The Morgan fingerprint density at radius 3 is 2.32 bits per heavy atom. The second-order valence-electron chi connectivity index (χ2n) is 5.24. The zero-order valence-corrected chi connectivity index (χ0v) is 10.9. The number of hydroxylamine groups is 2. The van der Waals surface area contributed by atoms with Crippen molar-refractivity contribution in [2.24, 2.45) is 0 Å². The molecule has 0 radical (unpaired) electrons. The first-order valence-electron chi connectivity index (χ1n) is 6.82. The first-order chi connectivity index (χ1) is 9.07. The van der Waals surface area contributed by atoms with Crippen molar-refractivity contribution < 1.29 is 30.0 Å². The van der Waals surface area contributed by atoms with Crippen LogP contribution in [0.3, 0.4) is 0 Å². The van der Waals surface area contributed by atoms with Crippen LogP contribution in [0.5, 0.6) is 0 Å². The van der Waals surface area contributed by atoms with Gasteiger partial charge >= 0.3 is 0 Å². The standard InChI is InChI=1S/C12H23NO6/c14-7-9-10(15)11(16)12(17,19-9)8-18-13-5-3-1-2-4-6-13/h9-11,14-17H,1-8H2/t9-,10+,11-,12+/m0/s1. The summed E-state index contributed by atoms with van der Waals surface area (Å²) >= 11 is 0. The molecule has 2 fully saturated rings. The molecule has 4 atom stereocenters. The Bertz CT molecular complexity index is 283. The van der Waals surface area contributed by atoms with Crippen molar-refractivity contribution in [3.8, 4) is 0 Å². The van der Waals surface area contributed by atoms with Crippen LogP contribution in [0.2, 0.25) is 0 Å². The van der Waals surface area contributed by atoms with Gasteiger partial charge in [0.15, 0.2) is 0 Å². The van der Waals surface area contributed by atoms with Crippen molar-refractivity contribution in [3.63, 3.8) is 0 Å². The topological polar surface area (TPSA) is 103 Å². The van der Waals surface area contributed by atoms with Crippen LogP contribution in [0.25, 0.3) is 0 Å². The van der Waals surface area contributed by atoms with E-state index in [1.54, 1.807) is 5.06 Å². The first kappa shape index (κ1) is 15.1. The Kier molecular flexibility index (Phi) is 5.13. The lowest BCUT2D eigenvalue weighted by Gasteiger charge is -2.29. The predicted molar refractivity (Wildman–Crippen MR) is 64.9 cm³/mol. The lowest BCUT2D eigenvalue weighted by Crippen LogP contribution is -2.48. The largest absolute Gasteiger partial charge is 0.394 e. The molecule has 0 bridgehead atoms. The summed E-state index contributed by atoms with van der Waals surface area (Å²) in [6.45, 7) is 0.822. The molecule has 2 aliphatic heterocycles. The van der Waals surface area contributed by atoms with Crippen LogP contribution in [0, 0.1) is 0 Å². The zero-order chi connectivity index (χ0) is 13.9. The third-order valence-corrected chi connectivity index (χ3v) is 3.72. The van der Waals surface area contributed by atoms with Crippen LogP contribution in [0.15, 0.2) is 0 Å². The average Bonchev–Trinajstić information content (AvgIpc) is 2.63. The fourth-order valence-electron chi connectivity index (χ4n) is 2.49. The second kappa shape index (κ2) is 6.45. The molecule has 0 aromatic heterocycles. The number of hydrogen-bond acceptors (Lipinski definition) is 7. The van der Waals surface area contributed by atoms with E-state index in [0.29, 0.717) is 0 Å². The van der Waals surface area contributed by atoms with Crippen LogP contribution in [0.4, 0.5) is 0 Å². The number of aliphatic hydroxyl groups excluding tert-OH is 3. The van der Waals surface area contributed by atoms with Crippen molar-refractivity contribution in [2.45, 2.75) is 49.8 Å². The van der Waals surface area contributed by atoms with Crippen LogP contribution in [-0.2, 0) is 9.57 Å². The van der Waals surface area contributed by atoms with Crippen molar-refractivity contribution in [2.75, 3.05) is 26.3 Å². The van der Waals surface area contributed by atoms with E-state index in [0.717, 1.165) is 38.8 Å². The number of ether oxygens (including phenoxy) is 1. The summed E-state index contributed by atoms with van der Waals surface area (Å²) in [6.07, 6.45) is 0.586. The van der Waals surface area contributed by atoms with Gasteiger partial charge in [-0.25, -0.2) is 0 Å². The zero-order valence-electron chi connectivity index (χ0n) is 10.9. The molecule has 0 aromatic carbocycles. The van der Waals surface area contributed by atoms with E-state index in [4.69, 9.17) is 14.7 Å². The van der Waals surface area contributed by atoms with Gasteiger partial charge < -0.3 is 25.2 Å². The molecule has 7 heteroatoms. The van der Waals surface area contributed by atoms with Crippen LogP contribution in [-0.4, -0.2) is 75.9 Å². The van der Waals surface area contributed by atoms with Gasteiger partial charge in [0.1, 0.15) is 24.9 Å². The second-order valence-corrected chi connectivity index (χ2v) is 5.24. The fourth-order valence-corrected chi connectivity index (χ4v) is 2.49. The molecule has 19 heavy (non-hydrogen) atoms. The smallest absolute Gasteiger partial charge is 0.221 e. The molecule has 2 heterocycles. The maximum atomic E-state index is 10.1. The summed E-state index contributed by atoms with van der Waals surface area (Å²) in [5.74, 6) is -1.97. The van der Waals surface area contributed by atoms with Crippen molar-refractivity contribution in [1.29, 1.82) is 0 Å². The average molecular weight is 277 g/mol. The molecule has 0 aliphatic carbocycles. The first-order valence-corrected chi connectivity index (χ1v) is 6.82. The minimum Gasteiger partial charge on any atom is -0.394 e. The molecule has 0 saturated carbocycles. The molecule has 4 N–H and O–H groups in total. The van der Waals surface area contributed by atoms with Crippen molar-refractivity contribution in [3.05, 3.63) is 0 Å². The molecule has 0 amide bonds. The summed E-state index contributed by atoms with van der Waals surface area (Å²) < 4.78 is 5.10. The Balaban J connectivity index is 1.87. The monoisotopic (exact) mass is 277 g/mol. The van der Waals surface area contributed by atoms with Gasteiger partial charge in [-0.2, -0.15) is 5.06 Å². The summed E-state index contributed by atoms with van der Waals surface area (Å²) in [6, 6.07) is 0. The van der Waals surface area contributed by atoms with E-state index in [1.165, 1.54) is 0 Å². The van der Waals surface area contributed by atoms with Gasteiger partial charge in [-0.3, -0.25) is 4.84 Å². The Hall–Kier alpha value is -0.280. The van der Waals surface area contributed by atoms with Gasteiger partial charge in [0, 0.05) is 13.1 Å². The Morgan fingerprint density at radius 2 is 1.79 bits per heavy atom. The molecular formula is C12H23NO6. The molecule has 0 unspecified atom stereocenters. The maximum Gasteiger partial charge on any atom is 0.221 e. The van der Waals surface area contributed by atoms with Crippen molar-refractivity contribution in [1.82, 2.24) is 5.06 Å². The molecule has 0 spiro atoms. The van der Waals surface area contributed by atoms with E-state index in [1.807, 2.05) is 0 Å². The third-order valence-electron chi connectivity index (χ3n) is 3.72. The van der Waals surface area contributed by atoms with E-state index >= 15 is 0 Å². The van der Waals surface area contributed by atoms with E-state index in [9.17, 15) is 15.3 Å². The lowest BCUT2D eigenvalue weighted by molar-refractivity contribution is -0.296. The van der Waals surface area contributed by atoms with Gasteiger partial charge in [0.05, 0.1) is 6.61 Å². The Morgan fingerprint density at radius 1 is 1.16 bits per heavy atom. The minimum absolute atomic E-state index is 0.262. The van der Waals surface area contributed by atoms with E-state index in [-0.39, 0.29) is 6.61 Å². The lowest BCUT2D eigenvalue weighted by atomic mass is 10.1. The fraction of sp³-hybridized carbons (Fsp3) is 1.00. The normalized spacial score (nSPS) is 41.4. The summed E-state index contributed by atoms with van der Waals surface area (Å²) in [7, 11) is 0. The van der Waals surface area contributed by atoms with Gasteiger partial charge in [-0.15, -0.1) is 0 Å². The van der Waals surface area contributed by atoms with Crippen LogP contribution >= 0.6 is 0 Å². The molecule has 0 aromatic rings. The number of hydrogen-bond donors (Lipinski definition) is 4. The Labute approximate surface area is 112 Å². The van der Waals surface area contributed by atoms with E-state index in [2.05, 4.69) is 0 Å². The maximum absolute atomic E-state index is 10.1. The van der Waals surface area contributed by atoms with Gasteiger partial charge in [0.2, 0.25) is 5.79 Å². The van der Waals surface area contributed by atoms with Crippen LogP contribution < -0.4 is 0 Å². The highest BCUT2D eigenvalue weighted by Crippen LogP contribution is 2.29. The molecule has 2 aliphatic rings. The summed E-state index contributed by atoms with van der Waals surface area (Å²) in [4.78, 5) is 5.47. The third kappa shape index (κ3) is 3.43. The molecule has 112 valence electrons. The van der Waals surface area contributed by atoms with Gasteiger partial charge in [-0.1, -0.05) is 12.8 Å². The van der Waals surface area contributed by atoms with Gasteiger partial charge in [-0.05, 0) is 12.8 Å². The number of nitrogens with zero attached hydrogens (tertiary/aromatic N) is 1. The van der Waals surface area contributed by atoms with Gasteiger partial charge in [0.25, 0.3) is 0 Å². The summed E-state index contributed by atoms with van der Waals surface area (Å²) in [5.41, 5.74) is 0. The highest BCUT2D eigenvalue weighted by molar-refractivity contribution is 4.95. The van der Waals surface area contributed by atoms with Crippen molar-refractivity contribution >= 4 is 0 Å². The predicted octanol–water partition coefficient (Wildman–Crippen LogP) is -1.40. The highest BCUT2D eigenvalue weighted by atomic mass is 16.7.